The van der Waals surface area contributed by atoms with Crippen molar-refractivity contribution in [2.75, 3.05) is 25.9 Å². The first-order chi connectivity index (χ1) is 9.04. The maximum atomic E-state index is 11.8. The Morgan fingerprint density at radius 1 is 1.42 bits per heavy atom. The molecule has 0 heterocycles. The van der Waals surface area contributed by atoms with Crippen molar-refractivity contribution in [3.63, 3.8) is 0 Å². The number of carbonyl (C=O) groups excluding carboxylic acids is 1. The minimum absolute atomic E-state index is 0.0929. The maximum Gasteiger partial charge on any atom is 0.303 e. The number of benzene rings is 1. The zero-order valence-corrected chi connectivity index (χ0v) is 10.8. The predicted molar refractivity (Wildman–Crippen MR) is 71.5 cm³/mol. The Kier molecular flexibility index (Phi) is 5.81. The molecule has 0 aliphatic heterocycles. The van der Waals surface area contributed by atoms with Gasteiger partial charge in [-0.3, -0.25) is 9.59 Å². The summed E-state index contributed by atoms with van der Waals surface area (Å²) in [5.74, 6) is -0.397. The molecule has 0 spiro atoms. The van der Waals surface area contributed by atoms with Crippen molar-refractivity contribution in [3.8, 4) is 5.75 Å². The third-order valence-corrected chi connectivity index (χ3v) is 2.58. The van der Waals surface area contributed by atoms with Gasteiger partial charge in [0.1, 0.15) is 5.75 Å². The fourth-order valence-electron chi connectivity index (χ4n) is 1.58. The normalized spacial score (nSPS) is 10.2. The molecule has 0 amide bonds. The highest BCUT2D eigenvalue weighted by Crippen LogP contribution is 2.21. The van der Waals surface area contributed by atoms with E-state index in [2.05, 4.69) is 5.32 Å². The minimum atomic E-state index is -0.837. The Morgan fingerprint density at radius 2 is 2.16 bits per heavy atom. The average Bonchev–Trinajstić information content (AvgIpc) is 2.37. The molecule has 1 aromatic rings. The van der Waals surface area contributed by atoms with Gasteiger partial charge < -0.3 is 20.9 Å². The summed E-state index contributed by atoms with van der Waals surface area (Å²) in [6.45, 7) is 0.648. The van der Waals surface area contributed by atoms with Gasteiger partial charge in [0.15, 0.2) is 5.78 Å². The Labute approximate surface area is 111 Å². The lowest BCUT2D eigenvalue weighted by atomic mass is 10.1. The molecule has 0 aliphatic carbocycles. The molecule has 104 valence electrons. The van der Waals surface area contributed by atoms with Gasteiger partial charge in [-0.05, 0) is 31.2 Å². The number of Topliss-reactive ketones (excluding diaryl/α,β-unsaturated/α-hetero) is 1. The van der Waals surface area contributed by atoms with Crippen molar-refractivity contribution in [2.45, 2.75) is 12.8 Å². The quantitative estimate of drug-likeness (QED) is 0.367. The number of carboxylic acid groups (broad SMARTS) is 1. The van der Waals surface area contributed by atoms with Crippen LogP contribution in [-0.2, 0) is 4.79 Å². The summed E-state index contributed by atoms with van der Waals surface area (Å²) in [7, 11) is 1.51. The summed E-state index contributed by atoms with van der Waals surface area (Å²) in [5, 5.41) is 11.4. The first-order valence-corrected chi connectivity index (χ1v) is 5.94. The third-order valence-electron chi connectivity index (χ3n) is 2.58. The number of methoxy groups -OCH3 is 1. The Bertz CT molecular complexity index is 460. The van der Waals surface area contributed by atoms with E-state index in [9.17, 15) is 9.59 Å². The number of carboxylic acids is 1. The van der Waals surface area contributed by atoms with Crippen molar-refractivity contribution >= 4 is 17.4 Å². The van der Waals surface area contributed by atoms with E-state index in [0.29, 0.717) is 30.0 Å². The van der Waals surface area contributed by atoms with Crippen LogP contribution in [0.4, 0.5) is 5.69 Å². The molecule has 4 N–H and O–H groups in total. The fourth-order valence-corrected chi connectivity index (χ4v) is 1.58. The van der Waals surface area contributed by atoms with Crippen LogP contribution in [0.3, 0.4) is 0 Å². The van der Waals surface area contributed by atoms with Crippen molar-refractivity contribution in [1.82, 2.24) is 5.32 Å². The highest BCUT2D eigenvalue weighted by Gasteiger charge is 2.08. The molecular weight excluding hydrogens is 248 g/mol. The highest BCUT2D eigenvalue weighted by molar-refractivity contribution is 5.98. The monoisotopic (exact) mass is 266 g/mol. The number of nitrogens with one attached hydrogen (secondary N) is 1. The van der Waals surface area contributed by atoms with Gasteiger partial charge in [-0.25, -0.2) is 0 Å². The minimum Gasteiger partial charge on any atom is -0.495 e. The largest absolute Gasteiger partial charge is 0.495 e. The number of ketones is 1. The molecule has 6 heteroatoms. The van der Waals surface area contributed by atoms with Gasteiger partial charge in [-0.1, -0.05) is 0 Å². The highest BCUT2D eigenvalue weighted by atomic mass is 16.5. The number of anilines is 1. The van der Waals surface area contributed by atoms with Crippen LogP contribution < -0.4 is 15.8 Å². The van der Waals surface area contributed by atoms with Crippen LogP contribution in [0.5, 0.6) is 5.75 Å². The zero-order valence-electron chi connectivity index (χ0n) is 10.8. The van der Waals surface area contributed by atoms with Crippen molar-refractivity contribution in [2.24, 2.45) is 0 Å². The lowest BCUT2D eigenvalue weighted by Gasteiger charge is -2.07. The summed E-state index contributed by atoms with van der Waals surface area (Å²) >= 11 is 0. The van der Waals surface area contributed by atoms with E-state index in [1.165, 1.54) is 7.11 Å². The summed E-state index contributed by atoms with van der Waals surface area (Å²) in [4.78, 5) is 22.1. The van der Waals surface area contributed by atoms with Crippen LogP contribution in [0.15, 0.2) is 18.2 Å². The number of hydrogen-bond donors (Lipinski definition) is 3. The van der Waals surface area contributed by atoms with Crippen molar-refractivity contribution in [1.29, 1.82) is 0 Å². The molecule has 0 radical (unpaired) electrons. The Morgan fingerprint density at radius 3 is 2.74 bits per heavy atom. The van der Waals surface area contributed by atoms with E-state index in [1.54, 1.807) is 18.2 Å². The molecule has 0 bridgehead atoms. The number of carbonyl (C=O) groups is 2. The number of hydrogen-bond acceptors (Lipinski definition) is 5. The number of nitrogen functional groups attached to an aromatic ring is 1. The molecule has 0 saturated heterocycles. The van der Waals surface area contributed by atoms with E-state index in [4.69, 9.17) is 15.6 Å². The van der Waals surface area contributed by atoms with Gasteiger partial charge in [-0.15, -0.1) is 0 Å². The topological polar surface area (TPSA) is 102 Å². The van der Waals surface area contributed by atoms with Crippen molar-refractivity contribution in [3.05, 3.63) is 23.8 Å². The van der Waals surface area contributed by atoms with Gasteiger partial charge in [0, 0.05) is 12.0 Å². The number of rotatable bonds is 8. The van der Waals surface area contributed by atoms with Crippen LogP contribution in [0.25, 0.3) is 0 Å². The second-order valence-corrected chi connectivity index (χ2v) is 4.05. The summed E-state index contributed by atoms with van der Waals surface area (Å²) in [6.07, 6.45) is 0.587. The standard InChI is InChI=1S/C13H18N2O4/c1-19-12-5-4-9(7-10(12)14)11(16)8-15-6-2-3-13(17)18/h4-5,7,15H,2-3,6,8,14H2,1H3,(H,17,18). The number of ether oxygens (including phenoxy) is 1. The molecule has 6 nitrogen and oxygen atoms in total. The molecule has 0 atom stereocenters. The summed E-state index contributed by atoms with van der Waals surface area (Å²) in [6, 6.07) is 4.86. The molecule has 1 aromatic carbocycles. The molecule has 0 fully saturated rings. The SMILES string of the molecule is COc1ccc(C(=O)CNCCCC(=O)O)cc1N. The Balaban J connectivity index is 2.41. The molecule has 0 aliphatic rings. The van der Waals surface area contributed by atoms with Gasteiger partial charge in [0.25, 0.3) is 0 Å². The number of nitrogens with two attached hydrogens (primary N) is 1. The summed E-state index contributed by atoms with van der Waals surface area (Å²) in [5.41, 5.74) is 6.64. The lowest BCUT2D eigenvalue weighted by molar-refractivity contribution is -0.137. The van der Waals surface area contributed by atoms with E-state index < -0.39 is 5.97 Å². The van der Waals surface area contributed by atoms with Crippen LogP contribution in [-0.4, -0.2) is 37.1 Å². The predicted octanol–water partition coefficient (Wildman–Crippen LogP) is 0.914. The third kappa shape index (κ3) is 4.97. The van der Waals surface area contributed by atoms with Crippen LogP contribution in [0.1, 0.15) is 23.2 Å². The molecular formula is C13H18N2O4. The smallest absolute Gasteiger partial charge is 0.303 e. The molecule has 0 aromatic heterocycles. The van der Waals surface area contributed by atoms with E-state index >= 15 is 0 Å². The second kappa shape index (κ2) is 7.38. The van der Waals surface area contributed by atoms with Crippen LogP contribution in [0, 0.1) is 0 Å². The van der Waals surface area contributed by atoms with Crippen molar-refractivity contribution < 1.29 is 19.4 Å². The van der Waals surface area contributed by atoms with Gasteiger partial charge in [-0.2, -0.15) is 0 Å². The fraction of sp³-hybridized carbons (Fsp3) is 0.385. The van der Waals surface area contributed by atoms with Crippen LogP contribution in [0.2, 0.25) is 0 Å². The van der Waals surface area contributed by atoms with E-state index in [0.717, 1.165) is 0 Å². The van der Waals surface area contributed by atoms with Gasteiger partial charge >= 0.3 is 5.97 Å². The molecule has 19 heavy (non-hydrogen) atoms. The molecule has 1 rings (SSSR count). The Hall–Kier alpha value is -2.08. The second-order valence-electron chi connectivity index (χ2n) is 4.05. The number of aliphatic carboxylic acids is 1. The van der Waals surface area contributed by atoms with Crippen LogP contribution >= 0.6 is 0 Å². The van der Waals surface area contributed by atoms with Gasteiger partial charge in [0.05, 0.1) is 19.3 Å². The first-order valence-electron chi connectivity index (χ1n) is 5.94. The van der Waals surface area contributed by atoms with Gasteiger partial charge in [0.2, 0.25) is 0 Å². The molecule has 0 unspecified atom stereocenters. The first kappa shape index (κ1) is 15.0. The summed E-state index contributed by atoms with van der Waals surface area (Å²) < 4.78 is 5.01. The van der Waals surface area contributed by atoms with E-state index in [-0.39, 0.29) is 18.7 Å². The maximum absolute atomic E-state index is 11.8. The average molecular weight is 266 g/mol. The molecule has 0 saturated carbocycles. The van der Waals surface area contributed by atoms with E-state index in [1.807, 2.05) is 0 Å². The lowest BCUT2D eigenvalue weighted by Crippen LogP contribution is -2.24. The zero-order chi connectivity index (χ0) is 14.3.